The van der Waals surface area contributed by atoms with Crippen molar-refractivity contribution in [1.29, 1.82) is 0 Å². The first-order chi connectivity index (χ1) is 4.72. The van der Waals surface area contributed by atoms with E-state index in [0.717, 1.165) is 10.5 Å². The van der Waals surface area contributed by atoms with Crippen LogP contribution in [0, 0.1) is 0 Å². The van der Waals surface area contributed by atoms with E-state index in [0.29, 0.717) is 0 Å². The predicted octanol–water partition coefficient (Wildman–Crippen LogP) is 0.277. The summed E-state index contributed by atoms with van der Waals surface area (Å²) in [5.41, 5.74) is 0. The number of rotatable bonds is 1. The van der Waals surface area contributed by atoms with Gasteiger partial charge in [0.2, 0.25) is 0 Å². The van der Waals surface area contributed by atoms with E-state index in [1.54, 1.807) is 12.3 Å². The molecular formula is C7H11N2O+. The molecule has 0 atom stereocenters. The van der Waals surface area contributed by atoms with Crippen LogP contribution in [0.5, 0.6) is 0 Å². The van der Waals surface area contributed by atoms with E-state index in [9.17, 15) is 0 Å². The molecule has 0 bridgehead atoms. The number of hydrogen-bond donors (Lipinski definition) is 1. The first kappa shape index (κ1) is 6.86. The van der Waals surface area contributed by atoms with Gasteiger partial charge in [-0.1, -0.05) is 10.8 Å². The molecule has 3 heteroatoms. The van der Waals surface area contributed by atoms with Crippen molar-refractivity contribution in [3.63, 3.8) is 0 Å². The Bertz CT molecular complexity index is 223. The lowest BCUT2D eigenvalue weighted by Crippen LogP contribution is -2.36. The molecule has 0 unspecified atom stereocenters. The van der Waals surface area contributed by atoms with Gasteiger partial charge in [0.1, 0.15) is 6.20 Å². The molecule has 1 aromatic rings. The normalized spacial score (nSPS) is 9.40. The van der Waals surface area contributed by atoms with E-state index in [2.05, 4.69) is 0 Å². The minimum absolute atomic E-state index is 0.766. The first-order valence-corrected chi connectivity index (χ1v) is 3.09. The zero-order chi connectivity index (χ0) is 7.56. The highest BCUT2D eigenvalue weighted by Crippen LogP contribution is 1.99. The minimum atomic E-state index is 0.766. The van der Waals surface area contributed by atoms with Gasteiger partial charge in [-0.25, -0.2) is 0 Å². The molecule has 54 valence electrons. The molecule has 10 heavy (non-hydrogen) atoms. The SMILES string of the molecule is CN(C)c1cccc[n+]1O. The standard InChI is InChI=1S/C7H11N2O/c1-8(2)7-5-3-4-6-9(7)10/h3-6,10H,1-2H3/q+1. The minimum Gasteiger partial charge on any atom is -0.350 e. The van der Waals surface area contributed by atoms with Crippen molar-refractivity contribution in [3.05, 3.63) is 24.4 Å². The Kier molecular flexibility index (Phi) is 1.76. The quantitative estimate of drug-likeness (QED) is 0.447. The molecule has 0 aliphatic rings. The number of pyridine rings is 1. The number of nitrogens with zero attached hydrogens (tertiary/aromatic N) is 2. The number of aromatic nitrogens is 1. The van der Waals surface area contributed by atoms with Crippen LogP contribution in [0.3, 0.4) is 0 Å². The van der Waals surface area contributed by atoms with Crippen LogP contribution in [0.15, 0.2) is 24.4 Å². The van der Waals surface area contributed by atoms with Crippen LogP contribution < -0.4 is 9.63 Å². The van der Waals surface area contributed by atoms with Crippen LogP contribution in [-0.4, -0.2) is 19.3 Å². The molecule has 0 saturated carbocycles. The average Bonchev–Trinajstić information content (AvgIpc) is 1.88. The lowest BCUT2D eigenvalue weighted by Gasteiger charge is -2.03. The van der Waals surface area contributed by atoms with E-state index >= 15 is 0 Å². The van der Waals surface area contributed by atoms with Crippen LogP contribution >= 0.6 is 0 Å². The van der Waals surface area contributed by atoms with Crippen molar-refractivity contribution in [2.45, 2.75) is 0 Å². The van der Waals surface area contributed by atoms with Crippen molar-refractivity contribution >= 4 is 5.82 Å². The summed E-state index contributed by atoms with van der Waals surface area (Å²) in [5, 5.41) is 9.16. The lowest BCUT2D eigenvalue weighted by molar-refractivity contribution is -0.894. The molecule has 1 N–H and O–H groups in total. The molecule has 0 radical (unpaired) electrons. The molecular weight excluding hydrogens is 128 g/mol. The van der Waals surface area contributed by atoms with Crippen molar-refractivity contribution in [2.24, 2.45) is 0 Å². The molecule has 1 aromatic heterocycles. The fourth-order valence-corrected chi connectivity index (χ4v) is 0.780. The second-order valence-electron chi connectivity index (χ2n) is 2.30. The Hall–Kier alpha value is -1.25. The van der Waals surface area contributed by atoms with E-state index in [4.69, 9.17) is 5.21 Å². The molecule has 0 aliphatic carbocycles. The lowest BCUT2D eigenvalue weighted by atomic mass is 10.4. The van der Waals surface area contributed by atoms with Gasteiger partial charge in [-0.15, -0.1) is 0 Å². The average molecular weight is 139 g/mol. The topological polar surface area (TPSA) is 27.4 Å². The van der Waals surface area contributed by atoms with E-state index in [1.165, 1.54) is 0 Å². The molecule has 1 rings (SSSR count). The third kappa shape index (κ3) is 1.18. The Morgan fingerprint density at radius 1 is 1.40 bits per heavy atom. The van der Waals surface area contributed by atoms with Gasteiger partial charge in [0, 0.05) is 6.07 Å². The summed E-state index contributed by atoms with van der Waals surface area (Å²) in [7, 11) is 3.75. The zero-order valence-corrected chi connectivity index (χ0v) is 6.15. The van der Waals surface area contributed by atoms with Crippen molar-refractivity contribution in [2.75, 3.05) is 19.0 Å². The maximum Gasteiger partial charge on any atom is 0.315 e. The third-order valence-electron chi connectivity index (χ3n) is 1.28. The first-order valence-electron chi connectivity index (χ1n) is 3.09. The van der Waals surface area contributed by atoms with Crippen molar-refractivity contribution in [1.82, 2.24) is 0 Å². The van der Waals surface area contributed by atoms with Gasteiger partial charge in [0.05, 0.1) is 14.1 Å². The van der Waals surface area contributed by atoms with Gasteiger partial charge >= 0.3 is 5.82 Å². The van der Waals surface area contributed by atoms with E-state index < -0.39 is 0 Å². The highest BCUT2D eigenvalue weighted by Gasteiger charge is 2.06. The van der Waals surface area contributed by atoms with Gasteiger partial charge in [-0.3, -0.25) is 4.90 Å². The van der Waals surface area contributed by atoms with Gasteiger partial charge in [0.25, 0.3) is 0 Å². The molecule has 1 heterocycles. The zero-order valence-electron chi connectivity index (χ0n) is 6.15. The maximum atomic E-state index is 9.16. The summed E-state index contributed by atoms with van der Waals surface area (Å²) in [6, 6.07) is 5.48. The van der Waals surface area contributed by atoms with Crippen LogP contribution in [0.25, 0.3) is 0 Å². The summed E-state index contributed by atoms with van der Waals surface area (Å²) >= 11 is 0. The summed E-state index contributed by atoms with van der Waals surface area (Å²) in [5.74, 6) is 0.766. The molecule has 0 fully saturated rings. The van der Waals surface area contributed by atoms with Gasteiger partial charge < -0.3 is 5.21 Å². The highest BCUT2D eigenvalue weighted by atomic mass is 16.5. The maximum absolute atomic E-state index is 9.16. The molecule has 0 saturated heterocycles. The summed E-state index contributed by atoms with van der Waals surface area (Å²) in [6.07, 6.45) is 1.59. The van der Waals surface area contributed by atoms with Crippen molar-refractivity contribution in [3.8, 4) is 0 Å². The summed E-state index contributed by atoms with van der Waals surface area (Å²) in [4.78, 5) is 1.83. The van der Waals surface area contributed by atoms with Crippen LogP contribution in [0.4, 0.5) is 5.82 Å². The van der Waals surface area contributed by atoms with Crippen molar-refractivity contribution < 1.29 is 9.94 Å². The van der Waals surface area contributed by atoms with Crippen LogP contribution in [-0.2, 0) is 0 Å². The summed E-state index contributed by atoms with van der Waals surface area (Å²) in [6.45, 7) is 0. The van der Waals surface area contributed by atoms with Gasteiger partial charge in [-0.2, -0.15) is 0 Å². The second kappa shape index (κ2) is 2.56. The van der Waals surface area contributed by atoms with Gasteiger partial charge in [0.15, 0.2) is 0 Å². The monoisotopic (exact) mass is 139 g/mol. The Morgan fingerprint density at radius 2 is 2.10 bits per heavy atom. The molecule has 0 aromatic carbocycles. The third-order valence-corrected chi connectivity index (χ3v) is 1.28. The van der Waals surface area contributed by atoms with Crippen LogP contribution in [0.2, 0.25) is 0 Å². The molecule has 0 aliphatic heterocycles. The molecule has 0 amide bonds. The molecule has 0 spiro atoms. The summed E-state index contributed by atoms with van der Waals surface area (Å²) < 4.78 is 1.08. The Morgan fingerprint density at radius 3 is 2.50 bits per heavy atom. The number of anilines is 1. The van der Waals surface area contributed by atoms with E-state index in [1.807, 2.05) is 31.1 Å². The molecule has 3 nitrogen and oxygen atoms in total. The Labute approximate surface area is 60.1 Å². The Balaban J connectivity index is 3.03. The van der Waals surface area contributed by atoms with Gasteiger partial charge in [-0.05, 0) is 6.07 Å². The fourth-order valence-electron chi connectivity index (χ4n) is 0.780. The number of hydrogen-bond acceptors (Lipinski definition) is 2. The smallest absolute Gasteiger partial charge is 0.315 e. The highest BCUT2D eigenvalue weighted by molar-refractivity contribution is 5.28. The van der Waals surface area contributed by atoms with Crippen LogP contribution in [0.1, 0.15) is 0 Å². The largest absolute Gasteiger partial charge is 0.350 e. The van der Waals surface area contributed by atoms with E-state index in [-0.39, 0.29) is 0 Å². The fraction of sp³-hybridized carbons (Fsp3) is 0.286. The predicted molar refractivity (Wildman–Crippen MR) is 38.1 cm³/mol. The second-order valence-corrected chi connectivity index (χ2v) is 2.30.